The fourth-order valence-electron chi connectivity index (χ4n) is 1.20. The van der Waals surface area contributed by atoms with Gasteiger partial charge in [0.25, 0.3) is 0 Å². The zero-order valence-electron chi connectivity index (χ0n) is 8.58. The summed E-state index contributed by atoms with van der Waals surface area (Å²) in [5, 5.41) is 14.6. The fourth-order valence-corrected chi connectivity index (χ4v) is 2.48. The number of hydrogen-bond acceptors (Lipinski definition) is 3. The number of anilines is 1. The first-order valence-corrected chi connectivity index (χ1v) is 6.38. The Morgan fingerprint density at radius 2 is 2.00 bits per heavy atom. The van der Waals surface area contributed by atoms with Gasteiger partial charge in [-0.05, 0) is 50.4 Å². The zero-order chi connectivity index (χ0) is 12.0. The maximum Gasteiger partial charge on any atom is 0.139 e. The summed E-state index contributed by atoms with van der Waals surface area (Å²) in [5.41, 5.74) is 6.38. The van der Waals surface area contributed by atoms with Crippen molar-refractivity contribution in [3.05, 3.63) is 27.1 Å². The highest BCUT2D eigenvalue weighted by Gasteiger charge is 2.03. The Labute approximate surface area is 111 Å². The lowest BCUT2D eigenvalue weighted by Gasteiger charge is -2.10. The third-order valence-electron chi connectivity index (χ3n) is 2.00. The topological polar surface area (TPSA) is 70.6 Å². The molecule has 6 heteroatoms. The fraction of sp³-hybridized carbons (Fsp3) is 0.300. The molecule has 1 aromatic rings. The van der Waals surface area contributed by atoms with Crippen molar-refractivity contribution in [3.8, 4) is 0 Å². The number of benzene rings is 1. The SMILES string of the molecule is N/C(CCCNc1c(Br)cccc1Br)=N/O. The van der Waals surface area contributed by atoms with Crippen LogP contribution in [0.4, 0.5) is 5.69 Å². The minimum Gasteiger partial charge on any atom is -0.409 e. The van der Waals surface area contributed by atoms with E-state index < -0.39 is 0 Å². The average molecular weight is 351 g/mol. The molecule has 88 valence electrons. The predicted molar refractivity (Wildman–Crippen MR) is 73.0 cm³/mol. The van der Waals surface area contributed by atoms with Crippen LogP contribution in [0.1, 0.15) is 12.8 Å². The number of amidine groups is 1. The van der Waals surface area contributed by atoms with Crippen molar-refractivity contribution in [3.63, 3.8) is 0 Å². The summed E-state index contributed by atoms with van der Waals surface area (Å²) < 4.78 is 2.01. The van der Waals surface area contributed by atoms with Crippen LogP contribution in [0.2, 0.25) is 0 Å². The number of hydrogen-bond donors (Lipinski definition) is 3. The van der Waals surface area contributed by atoms with Gasteiger partial charge in [0.15, 0.2) is 0 Å². The van der Waals surface area contributed by atoms with Crippen molar-refractivity contribution < 1.29 is 5.21 Å². The second-order valence-corrected chi connectivity index (χ2v) is 4.93. The van der Waals surface area contributed by atoms with Crippen molar-refractivity contribution in [2.45, 2.75) is 12.8 Å². The Kier molecular flexibility index (Phi) is 5.62. The number of nitrogens with zero attached hydrogens (tertiary/aromatic N) is 1. The number of halogens is 2. The van der Waals surface area contributed by atoms with E-state index in [0.717, 1.165) is 27.6 Å². The molecule has 0 aliphatic rings. The Hall–Kier alpha value is -0.750. The molecule has 0 unspecified atom stereocenters. The highest BCUT2D eigenvalue weighted by atomic mass is 79.9. The van der Waals surface area contributed by atoms with Crippen LogP contribution < -0.4 is 11.1 Å². The molecule has 0 atom stereocenters. The van der Waals surface area contributed by atoms with Crippen molar-refractivity contribution >= 4 is 43.4 Å². The van der Waals surface area contributed by atoms with Gasteiger partial charge >= 0.3 is 0 Å². The quantitative estimate of drug-likeness (QED) is 0.251. The Morgan fingerprint density at radius 3 is 2.56 bits per heavy atom. The molecule has 0 fully saturated rings. The molecule has 0 aliphatic carbocycles. The maximum atomic E-state index is 8.37. The molecule has 1 aromatic carbocycles. The normalized spacial score (nSPS) is 11.5. The largest absolute Gasteiger partial charge is 0.409 e. The van der Waals surface area contributed by atoms with Crippen LogP contribution in [0.25, 0.3) is 0 Å². The van der Waals surface area contributed by atoms with Gasteiger partial charge in [-0.15, -0.1) is 0 Å². The van der Waals surface area contributed by atoms with E-state index in [4.69, 9.17) is 10.9 Å². The summed E-state index contributed by atoms with van der Waals surface area (Å²) in [4.78, 5) is 0. The predicted octanol–water partition coefficient (Wildman–Crippen LogP) is 3.15. The van der Waals surface area contributed by atoms with Gasteiger partial charge in [-0.1, -0.05) is 11.2 Å². The standard InChI is InChI=1S/C10H13Br2N3O/c11-7-3-1-4-8(12)10(7)14-6-2-5-9(13)15-16/h1,3-4,14,16H,2,5-6H2,(H2,13,15). The number of oxime groups is 1. The van der Waals surface area contributed by atoms with Gasteiger partial charge in [-0.25, -0.2) is 0 Å². The molecule has 0 aromatic heterocycles. The summed E-state index contributed by atoms with van der Waals surface area (Å²) in [6.45, 7) is 0.761. The smallest absolute Gasteiger partial charge is 0.139 e. The second kappa shape index (κ2) is 6.75. The second-order valence-electron chi connectivity index (χ2n) is 3.22. The van der Waals surface area contributed by atoms with Gasteiger partial charge < -0.3 is 16.3 Å². The molecule has 4 N–H and O–H groups in total. The monoisotopic (exact) mass is 349 g/mol. The summed E-state index contributed by atoms with van der Waals surface area (Å²) in [6, 6.07) is 5.89. The molecule has 0 spiro atoms. The lowest BCUT2D eigenvalue weighted by Crippen LogP contribution is -2.13. The average Bonchev–Trinajstić information content (AvgIpc) is 2.27. The third-order valence-corrected chi connectivity index (χ3v) is 3.32. The van der Waals surface area contributed by atoms with E-state index in [0.29, 0.717) is 6.42 Å². The van der Waals surface area contributed by atoms with Crippen molar-refractivity contribution in [2.75, 3.05) is 11.9 Å². The first-order valence-electron chi connectivity index (χ1n) is 4.79. The summed E-state index contributed by atoms with van der Waals surface area (Å²) >= 11 is 6.92. The Balaban J connectivity index is 2.43. The highest BCUT2D eigenvalue weighted by molar-refractivity contribution is 9.11. The van der Waals surface area contributed by atoms with Gasteiger partial charge in [0.05, 0.1) is 5.69 Å². The highest BCUT2D eigenvalue weighted by Crippen LogP contribution is 2.30. The molecular weight excluding hydrogens is 338 g/mol. The van der Waals surface area contributed by atoms with E-state index in [1.54, 1.807) is 0 Å². The van der Waals surface area contributed by atoms with Crippen LogP contribution in [-0.4, -0.2) is 17.6 Å². The van der Waals surface area contributed by atoms with Gasteiger partial charge in [0.1, 0.15) is 5.84 Å². The first-order chi connectivity index (χ1) is 7.65. The zero-order valence-corrected chi connectivity index (χ0v) is 11.8. The lowest BCUT2D eigenvalue weighted by molar-refractivity contribution is 0.316. The molecule has 0 saturated carbocycles. The summed E-state index contributed by atoms with van der Waals surface area (Å²) in [6.07, 6.45) is 1.38. The number of nitrogens with one attached hydrogen (secondary N) is 1. The number of para-hydroxylation sites is 1. The van der Waals surface area contributed by atoms with Gasteiger partial charge in [-0.3, -0.25) is 0 Å². The molecule has 0 bridgehead atoms. The minimum absolute atomic E-state index is 0.257. The molecule has 16 heavy (non-hydrogen) atoms. The van der Waals surface area contributed by atoms with Gasteiger partial charge in [0, 0.05) is 21.9 Å². The number of nitrogens with two attached hydrogens (primary N) is 1. The van der Waals surface area contributed by atoms with Crippen LogP contribution in [0.15, 0.2) is 32.3 Å². The van der Waals surface area contributed by atoms with E-state index in [1.165, 1.54) is 0 Å². The van der Waals surface area contributed by atoms with E-state index in [-0.39, 0.29) is 5.84 Å². The van der Waals surface area contributed by atoms with Crippen LogP contribution >= 0.6 is 31.9 Å². The Morgan fingerprint density at radius 1 is 1.38 bits per heavy atom. The van der Waals surface area contributed by atoms with E-state index in [2.05, 4.69) is 42.3 Å². The summed E-state index contributed by atoms with van der Waals surface area (Å²) in [7, 11) is 0. The molecular formula is C10H13Br2N3O. The molecule has 0 saturated heterocycles. The molecule has 0 amide bonds. The van der Waals surface area contributed by atoms with Gasteiger partial charge in [0.2, 0.25) is 0 Å². The van der Waals surface area contributed by atoms with Crippen LogP contribution in [0.3, 0.4) is 0 Å². The first kappa shape index (κ1) is 13.3. The van der Waals surface area contributed by atoms with E-state index in [1.807, 2.05) is 18.2 Å². The molecule has 0 radical (unpaired) electrons. The lowest BCUT2D eigenvalue weighted by atomic mass is 10.2. The van der Waals surface area contributed by atoms with Crippen molar-refractivity contribution in [1.82, 2.24) is 0 Å². The van der Waals surface area contributed by atoms with Crippen molar-refractivity contribution in [2.24, 2.45) is 10.9 Å². The molecule has 0 aliphatic heterocycles. The van der Waals surface area contributed by atoms with E-state index >= 15 is 0 Å². The van der Waals surface area contributed by atoms with Gasteiger partial charge in [-0.2, -0.15) is 0 Å². The van der Waals surface area contributed by atoms with Crippen LogP contribution in [0, 0.1) is 0 Å². The minimum atomic E-state index is 0.257. The van der Waals surface area contributed by atoms with Crippen LogP contribution in [-0.2, 0) is 0 Å². The van der Waals surface area contributed by atoms with E-state index in [9.17, 15) is 0 Å². The van der Waals surface area contributed by atoms with Crippen molar-refractivity contribution in [1.29, 1.82) is 0 Å². The molecule has 1 rings (SSSR count). The molecule has 4 nitrogen and oxygen atoms in total. The molecule has 0 heterocycles. The Bertz CT molecular complexity index is 362. The third kappa shape index (κ3) is 4.02. The number of rotatable bonds is 5. The summed E-state index contributed by atoms with van der Waals surface area (Å²) in [5.74, 6) is 0.257. The van der Waals surface area contributed by atoms with Crippen LogP contribution in [0.5, 0.6) is 0 Å². The maximum absolute atomic E-state index is 8.37.